The maximum absolute atomic E-state index is 12.5. The number of ether oxygens (including phenoxy) is 1. The lowest BCUT2D eigenvalue weighted by molar-refractivity contribution is -0.150. The molecule has 2 aliphatic rings. The summed E-state index contributed by atoms with van der Waals surface area (Å²) in [6, 6.07) is 0. The molecule has 2 aliphatic carbocycles. The molecule has 0 amide bonds. The zero-order valence-corrected chi connectivity index (χ0v) is 8.28. The number of halogens is 1. The average Bonchev–Trinajstić information content (AvgIpc) is 2.74. The highest BCUT2D eigenvalue weighted by Gasteiger charge is 2.36. The SMILES string of the molecule is CC(F)C(=O)OCC1CC2C=C[C@H]1C2. The minimum Gasteiger partial charge on any atom is -0.463 e. The highest BCUT2D eigenvalue weighted by molar-refractivity contribution is 5.73. The smallest absolute Gasteiger partial charge is 0.340 e. The van der Waals surface area contributed by atoms with Crippen LogP contribution in [0.25, 0.3) is 0 Å². The number of fused-ring (bicyclic) bond motifs is 2. The first-order chi connectivity index (χ1) is 6.66. The predicted octanol–water partition coefficient (Wildman–Crippen LogP) is 2.10. The molecule has 2 bridgehead atoms. The van der Waals surface area contributed by atoms with E-state index in [-0.39, 0.29) is 0 Å². The fraction of sp³-hybridized carbons (Fsp3) is 0.727. The minimum atomic E-state index is -1.50. The summed E-state index contributed by atoms with van der Waals surface area (Å²) in [6.07, 6.45) is 5.22. The Morgan fingerprint density at radius 1 is 1.57 bits per heavy atom. The summed E-state index contributed by atoms with van der Waals surface area (Å²) in [6.45, 7) is 1.60. The molecular formula is C11H15FO2. The average molecular weight is 198 g/mol. The number of rotatable bonds is 3. The van der Waals surface area contributed by atoms with Crippen LogP contribution in [-0.2, 0) is 9.53 Å². The number of hydrogen-bond donors (Lipinski definition) is 0. The standard InChI is InChI=1S/C11H15FO2/c1-7(12)11(13)14-6-10-5-8-2-3-9(10)4-8/h2-3,7-10H,4-6H2,1H3/t7?,8?,9-,10?/m0/s1. The van der Waals surface area contributed by atoms with Gasteiger partial charge in [0, 0.05) is 0 Å². The summed E-state index contributed by atoms with van der Waals surface area (Å²) in [4.78, 5) is 10.9. The molecule has 14 heavy (non-hydrogen) atoms. The predicted molar refractivity (Wildman–Crippen MR) is 50.4 cm³/mol. The second-order valence-electron chi connectivity index (χ2n) is 4.29. The highest BCUT2D eigenvalue weighted by Crippen LogP contribution is 2.43. The Hall–Kier alpha value is -0.860. The van der Waals surface area contributed by atoms with Crippen LogP contribution in [0.1, 0.15) is 19.8 Å². The molecule has 0 aromatic heterocycles. The topological polar surface area (TPSA) is 26.3 Å². The van der Waals surface area contributed by atoms with Crippen molar-refractivity contribution < 1.29 is 13.9 Å². The number of alkyl halides is 1. The number of carbonyl (C=O) groups excluding carboxylic acids is 1. The van der Waals surface area contributed by atoms with Gasteiger partial charge < -0.3 is 4.74 Å². The van der Waals surface area contributed by atoms with Crippen molar-refractivity contribution >= 4 is 5.97 Å². The molecule has 0 N–H and O–H groups in total. The molecule has 1 saturated carbocycles. The van der Waals surface area contributed by atoms with Crippen LogP contribution in [0.2, 0.25) is 0 Å². The van der Waals surface area contributed by atoms with Crippen molar-refractivity contribution in [3.05, 3.63) is 12.2 Å². The van der Waals surface area contributed by atoms with Crippen molar-refractivity contribution in [3.8, 4) is 0 Å². The number of hydrogen-bond acceptors (Lipinski definition) is 2. The monoisotopic (exact) mass is 198 g/mol. The van der Waals surface area contributed by atoms with Crippen molar-refractivity contribution in [2.24, 2.45) is 17.8 Å². The van der Waals surface area contributed by atoms with E-state index in [1.807, 2.05) is 0 Å². The van der Waals surface area contributed by atoms with Gasteiger partial charge in [0.05, 0.1) is 6.61 Å². The Kier molecular flexibility index (Phi) is 2.57. The van der Waals surface area contributed by atoms with E-state index in [9.17, 15) is 9.18 Å². The summed E-state index contributed by atoms with van der Waals surface area (Å²) in [5.41, 5.74) is 0. The van der Waals surface area contributed by atoms with Crippen LogP contribution in [0.4, 0.5) is 4.39 Å². The zero-order valence-electron chi connectivity index (χ0n) is 8.28. The molecule has 1 fully saturated rings. The van der Waals surface area contributed by atoms with Crippen molar-refractivity contribution in [2.45, 2.75) is 25.9 Å². The summed E-state index contributed by atoms with van der Waals surface area (Å²) in [7, 11) is 0. The minimum absolute atomic E-state index is 0.388. The lowest BCUT2D eigenvalue weighted by Crippen LogP contribution is -2.22. The normalized spacial score (nSPS) is 36.0. The largest absolute Gasteiger partial charge is 0.463 e. The molecule has 0 aliphatic heterocycles. The van der Waals surface area contributed by atoms with Gasteiger partial charge in [0.15, 0.2) is 6.17 Å². The second kappa shape index (κ2) is 3.71. The first kappa shape index (κ1) is 9.69. The van der Waals surface area contributed by atoms with Crippen LogP contribution in [-0.4, -0.2) is 18.7 Å². The summed E-state index contributed by atoms with van der Waals surface area (Å²) >= 11 is 0. The molecule has 78 valence electrons. The van der Waals surface area contributed by atoms with Gasteiger partial charge in [-0.25, -0.2) is 9.18 Å². The van der Waals surface area contributed by atoms with Crippen LogP contribution in [0.3, 0.4) is 0 Å². The highest BCUT2D eigenvalue weighted by atomic mass is 19.1. The van der Waals surface area contributed by atoms with Gasteiger partial charge in [-0.2, -0.15) is 0 Å². The molecular weight excluding hydrogens is 183 g/mol. The van der Waals surface area contributed by atoms with Crippen molar-refractivity contribution in [1.29, 1.82) is 0 Å². The molecule has 0 saturated heterocycles. The first-order valence-electron chi connectivity index (χ1n) is 5.16. The fourth-order valence-electron chi connectivity index (χ4n) is 2.39. The van der Waals surface area contributed by atoms with Gasteiger partial charge in [-0.3, -0.25) is 0 Å². The van der Waals surface area contributed by atoms with Crippen molar-refractivity contribution in [3.63, 3.8) is 0 Å². The molecule has 0 aromatic rings. The maximum atomic E-state index is 12.5. The number of allylic oxidation sites excluding steroid dienone is 2. The number of carbonyl (C=O) groups is 1. The van der Waals surface area contributed by atoms with E-state index in [2.05, 4.69) is 12.2 Å². The molecule has 3 heteroatoms. The summed E-state index contributed by atoms with van der Waals surface area (Å²) in [5, 5.41) is 0. The number of esters is 1. The van der Waals surface area contributed by atoms with Gasteiger partial charge in [0.1, 0.15) is 0 Å². The van der Waals surface area contributed by atoms with Gasteiger partial charge in [-0.15, -0.1) is 0 Å². The van der Waals surface area contributed by atoms with E-state index in [4.69, 9.17) is 4.74 Å². The van der Waals surface area contributed by atoms with E-state index < -0.39 is 12.1 Å². The lowest BCUT2D eigenvalue weighted by atomic mass is 9.95. The molecule has 2 nitrogen and oxygen atoms in total. The van der Waals surface area contributed by atoms with Crippen molar-refractivity contribution in [1.82, 2.24) is 0 Å². The van der Waals surface area contributed by atoms with Crippen LogP contribution in [0, 0.1) is 17.8 Å². The first-order valence-corrected chi connectivity index (χ1v) is 5.16. The second-order valence-corrected chi connectivity index (χ2v) is 4.29. The Labute approximate surface area is 83.1 Å². The van der Waals surface area contributed by atoms with Crippen LogP contribution in [0.5, 0.6) is 0 Å². The maximum Gasteiger partial charge on any atom is 0.340 e. The molecule has 4 atom stereocenters. The van der Waals surface area contributed by atoms with Crippen molar-refractivity contribution in [2.75, 3.05) is 6.61 Å². The van der Waals surface area contributed by atoms with E-state index in [0.29, 0.717) is 24.4 Å². The van der Waals surface area contributed by atoms with Crippen LogP contribution < -0.4 is 0 Å². The van der Waals surface area contributed by atoms with E-state index in [1.54, 1.807) is 0 Å². The van der Waals surface area contributed by atoms with E-state index in [0.717, 1.165) is 6.42 Å². The van der Waals surface area contributed by atoms with Gasteiger partial charge in [0.25, 0.3) is 0 Å². The van der Waals surface area contributed by atoms with Gasteiger partial charge >= 0.3 is 5.97 Å². The Bertz CT molecular complexity index is 260. The molecule has 0 heterocycles. The van der Waals surface area contributed by atoms with Gasteiger partial charge in [-0.05, 0) is 37.5 Å². The third kappa shape index (κ3) is 1.81. The quantitative estimate of drug-likeness (QED) is 0.512. The Morgan fingerprint density at radius 2 is 2.36 bits per heavy atom. The van der Waals surface area contributed by atoms with Crippen LogP contribution >= 0.6 is 0 Å². The Balaban J connectivity index is 1.77. The fourth-order valence-corrected chi connectivity index (χ4v) is 2.39. The van der Waals surface area contributed by atoms with E-state index >= 15 is 0 Å². The Morgan fingerprint density at radius 3 is 2.86 bits per heavy atom. The third-order valence-corrected chi connectivity index (χ3v) is 3.18. The summed E-state index contributed by atoms with van der Waals surface area (Å²) in [5.74, 6) is 0.929. The lowest BCUT2D eigenvalue weighted by Gasteiger charge is -2.17. The van der Waals surface area contributed by atoms with E-state index in [1.165, 1.54) is 13.3 Å². The molecule has 3 unspecified atom stereocenters. The van der Waals surface area contributed by atoms with Crippen LogP contribution in [0.15, 0.2) is 12.2 Å². The molecule has 2 rings (SSSR count). The summed E-state index contributed by atoms with van der Waals surface area (Å²) < 4.78 is 17.4. The van der Waals surface area contributed by atoms with Gasteiger partial charge in [0.2, 0.25) is 0 Å². The van der Waals surface area contributed by atoms with Gasteiger partial charge in [-0.1, -0.05) is 12.2 Å². The molecule has 0 radical (unpaired) electrons. The third-order valence-electron chi connectivity index (χ3n) is 3.18. The zero-order chi connectivity index (χ0) is 10.1. The molecule has 0 aromatic carbocycles. The molecule has 0 spiro atoms.